The van der Waals surface area contributed by atoms with Gasteiger partial charge in [0.25, 0.3) is 0 Å². The van der Waals surface area contributed by atoms with Crippen LogP contribution in [0.3, 0.4) is 0 Å². The van der Waals surface area contributed by atoms with E-state index in [2.05, 4.69) is 0 Å². The predicted molar refractivity (Wildman–Crippen MR) is 92.8 cm³/mol. The largest absolute Gasteiger partial charge is 0.339 e. The summed E-state index contributed by atoms with van der Waals surface area (Å²) in [5.74, 6) is 0.253. The molecule has 0 spiro atoms. The minimum atomic E-state index is -0.279. The molecule has 1 aromatic carbocycles. The zero-order chi connectivity index (χ0) is 17.4. The Morgan fingerprint density at radius 2 is 1.40 bits per heavy atom. The van der Waals surface area contributed by atoms with Crippen molar-refractivity contribution in [1.82, 2.24) is 9.80 Å². The Labute approximate surface area is 147 Å². The summed E-state index contributed by atoms with van der Waals surface area (Å²) in [6.07, 6.45) is 2.30. The van der Waals surface area contributed by atoms with Crippen LogP contribution in [0.15, 0.2) is 30.3 Å². The predicted octanol–water partition coefficient (Wildman–Crippen LogP) is 1.12. The van der Waals surface area contributed by atoms with E-state index >= 15 is 0 Å². The van der Waals surface area contributed by atoms with Gasteiger partial charge in [-0.25, -0.2) is 0 Å². The third-order valence-electron chi connectivity index (χ3n) is 5.37. The summed E-state index contributed by atoms with van der Waals surface area (Å²) in [5, 5.41) is 0. The summed E-state index contributed by atoms with van der Waals surface area (Å²) in [6.45, 7) is 2.83. The van der Waals surface area contributed by atoms with Crippen molar-refractivity contribution in [2.75, 3.05) is 37.6 Å². The highest BCUT2D eigenvalue weighted by Crippen LogP contribution is 2.31. The molecule has 3 amide bonds. The first kappa shape index (κ1) is 16.1. The van der Waals surface area contributed by atoms with Gasteiger partial charge >= 0.3 is 0 Å². The first-order chi connectivity index (χ1) is 12.1. The van der Waals surface area contributed by atoms with Crippen LogP contribution in [0.4, 0.5) is 5.69 Å². The lowest BCUT2D eigenvalue weighted by atomic mass is 10.1. The highest BCUT2D eigenvalue weighted by atomic mass is 16.2. The van der Waals surface area contributed by atoms with E-state index in [1.807, 2.05) is 40.1 Å². The number of benzene rings is 1. The second-order valence-corrected chi connectivity index (χ2v) is 7.17. The van der Waals surface area contributed by atoms with Gasteiger partial charge in [0.2, 0.25) is 17.7 Å². The van der Waals surface area contributed by atoms with Gasteiger partial charge in [0, 0.05) is 50.7 Å². The molecular formula is C19H23N3O3. The van der Waals surface area contributed by atoms with Crippen molar-refractivity contribution in [3.63, 3.8) is 0 Å². The van der Waals surface area contributed by atoms with Gasteiger partial charge in [-0.3, -0.25) is 14.4 Å². The van der Waals surface area contributed by atoms with Gasteiger partial charge < -0.3 is 14.7 Å². The molecular weight excluding hydrogens is 318 g/mol. The van der Waals surface area contributed by atoms with Gasteiger partial charge in [-0.2, -0.15) is 0 Å². The second-order valence-electron chi connectivity index (χ2n) is 7.17. The maximum Gasteiger partial charge on any atom is 0.228 e. The number of nitrogens with zero attached hydrogens (tertiary/aromatic N) is 3. The van der Waals surface area contributed by atoms with Crippen LogP contribution in [0.2, 0.25) is 0 Å². The number of carbonyl (C=O) groups excluding carboxylic acids is 3. The zero-order valence-corrected chi connectivity index (χ0v) is 14.3. The fourth-order valence-corrected chi connectivity index (χ4v) is 3.72. The molecule has 2 heterocycles. The standard InChI is InChI=1S/C19H23N3O3/c23-17-12-15(13-22(17)16-4-2-1-3-5-16)19(25)21-10-8-20(9-11-21)18(24)14-6-7-14/h1-5,14-15H,6-13H2/t15-/m0/s1. The van der Waals surface area contributed by atoms with Crippen molar-refractivity contribution in [2.24, 2.45) is 11.8 Å². The average molecular weight is 341 g/mol. The molecule has 6 heteroatoms. The molecule has 0 radical (unpaired) electrons. The molecule has 3 fully saturated rings. The zero-order valence-electron chi connectivity index (χ0n) is 14.3. The number of anilines is 1. The summed E-state index contributed by atoms with van der Waals surface area (Å²) < 4.78 is 0. The van der Waals surface area contributed by atoms with Crippen LogP contribution in [0.25, 0.3) is 0 Å². The third-order valence-corrected chi connectivity index (χ3v) is 5.37. The first-order valence-electron chi connectivity index (χ1n) is 9.06. The van der Waals surface area contributed by atoms with Crippen molar-refractivity contribution in [1.29, 1.82) is 0 Å². The van der Waals surface area contributed by atoms with Crippen LogP contribution >= 0.6 is 0 Å². The van der Waals surface area contributed by atoms with E-state index in [1.165, 1.54) is 0 Å². The Morgan fingerprint density at radius 1 is 0.840 bits per heavy atom. The molecule has 0 unspecified atom stereocenters. The second kappa shape index (κ2) is 6.50. The topological polar surface area (TPSA) is 60.9 Å². The van der Waals surface area contributed by atoms with E-state index in [9.17, 15) is 14.4 Å². The van der Waals surface area contributed by atoms with Crippen molar-refractivity contribution < 1.29 is 14.4 Å². The molecule has 0 N–H and O–H groups in total. The lowest BCUT2D eigenvalue weighted by molar-refractivity contribution is -0.142. The van der Waals surface area contributed by atoms with Crippen LogP contribution in [0.1, 0.15) is 19.3 Å². The van der Waals surface area contributed by atoms with Crippen LogP contribution < -0.4 is 4.90 Å². The summed E-state index contributed by atoms with van der Waals surface area (Å²) in [7, 11) is 0. The van der Waals surface area contributed by atoms with E-state index in [0.29, 0.717) is 32.7 Å². The summed E-state index contributed by atoms with van der Waals surface area (Å²) in [4.78, 5) is 42.6. The van der Waals surface area contributed by atoms with Crippen molar-refractivity contribution in [3.05, 3.63) is 30.3 Å². The first-order valence-corrected chi connectivity index (χ1v) is 9.06. The number of carbonyl (C=O) groups is 3. The van der Waals surface area contributed by atoms with Crippen LogP contribution in [0, 0.1) is 11.8 Å². The molecule has 2 aliphatic heterocycles. The number of hydrogen-bond acceptors (Lipinski definition) is 3. The Morgan fingerprint density at radius 3 is 1.96 bits per heavy atom. The molecule has 1 aliphatic carbocycles. The van der Waals surface area contributed by atoms with Gasteiger partial charge in [0.05, 0.1) is 5.92 Å². The fourth-order valence-electron chi connectivity index (χ4n) is 3.72. The average Bonchev–Trinajstić information content (AvgIpc) is 3.43. The van der Waals surface area contributed by atoms with Crippen LogP contribution in [-0.2, 0) is 14.4 Å². The number of hydrogen-bond donors (Lipinski definition) is 0. The van der Waals surface area contributed by atoms with Crippen LogP contribution in [-0.4, -0.2) is 60.2 Å². The van der Waals surface area contributed by atoms with E-state index in [1.54, 1.807) is 4.90 Å². The lowest BCUT2D eigenvalue weighted by Crippen LogP contribution is -2.52. The number of rotatable bonds is 3. The Kier molecular flexibility index (Phi) is 4.19. The highest BCUT2D eigenvalue weighted by molar-refractivity contribution is 6.00. The maximum absolute atomic E-state index is 12.8. The fraction of sp³-hybridized carbons (Fsp3) is 0.526. The molecule has 132 valence electrons. The van der Waals surface area contributed by atoms with Crippen molar-refractivity contribution in [2.45, 2.75) is 19.3 Å². The summed E-state index contributed by atoms with van der Waals surface area (Å²) in [5.41, 5.74) is 0.850. The van der Waals surface area contributed by atoms with Gasteiger partial charge in [-0.05, 0) is 25.0 Å². The summed E-state index contributed by atoms with van der Waals surface area (Å²) in [6, 6.07) is 9.50. The molecule has 3 aliphatic rings. The molecule has 1 atom stereocenters. The molecule has 2 saturated heterocycles. The third kappa shape index (κ3) is 3.25. The van der Waals surface area contributed by atoms with Gasteiger partial charge in [-0.15, -0.1) is 0 Å². The van der Waals surface area contributed by atoms with Gasteiger partial charge in [-0.1, -0.05) is 18.2 Å². The smallest absolute Gasteiger partial charge is 0.228 e. The van der Waals surface area contributed by atoms with Crippen molar-refractivity contribution in [3.8, 4) is 0 Å². The monoisotopic (exact) mass is 341 g/mol. The normalized spacial score (nSPS) is 23.9. The highest BCUT2D eigenvalue weighted by Gasteiger charge is 2.39. The molecule has 6 nitrogen and oxygen atoms in total. The molecule has 4 rings (SSSR count). The van der Waals surface area contributed by atoms with E-state index in [0.717, 1.165) is 18.5 Å². The number of amides is 3. The molecule has 0 bridgehead atoms. The molecule has 0 aromatic heterocycles. The quantitative estimate of drug-likeness (QED) is 0.828. The van der Waals surface area contributed by atoms with Crippen LogP contribution in [0.5, 0.6) is 0 Å². The Bertz CT molecular complexity index is 678. The number of para-hydroxylation sites is 1. The number of piperazine rings is 1. The Balaban J connectivity index is 1.34. The molecule has 1 saturated carbocycles. The van der Waals surface area contributed by atoms with E-state index < -0.39 is 0 Å². The van der Waals surface area contributed by atoms with E-state index in [4.69, 9.17) is 0 Å². The maximum atomic E-state index is 12.8. The Hall–Kier alpha value is -2.37. The van der Waals surface area contributed by atoms with E-state index in [-0.39, 0.29) is 36.0 Å². The minimum absolute atomic E-state index is 0.00657. The molecule has 25 heavy (non-hydrogen) atoms. The molecule has 1 aromatic rings. The SMILES string of the molecule is O=C(C1CC1)N1CCN(C(=O)[C@H]2CC(=O)N(c3ccccc3)C2)CC1. The van der Waals surface area contributed by atoms with Crippen molar-refractivity contribution >= 4 is 23.4 Å². The summed E-state index contributed by atoms with van der Waals surface area (Å²) >= 11 is 0. The van der Waals surface area contributed by atoms with Gasteiger partial charge in [0.1, 0.15) is 0 Å². The minimum Gasteiger partial charge on any atom is -0.339 e. The lowest BCUT2D eigenvalue weighted by Gasteiger charge is -2.36. The van der Waals surface area contributed by atoms with Gasteiger partial charge in [0.15, 0.2) is 0 Å².